The summed E-state index contributed by atoms with van der Waals surface area (Å²) in [5.74, 6) is -0.0297. The molecule has 10 heteroatoms. The summed E-state index contributed by atoms with van der Waals surface area (Å²) in [7, 11) is 4.18. The van der Waals surface area contributed by atoms with Gasteiger partial charge < -0.3 is 29.3 Å². The van der Waals surface area contributed by atoms with Gasteiger partial charge in [0.1, 0.15) is 5.75 Å². The number of hydrogen-bond acceptors (Lipinski definition) is 8. The van der Waals surface area contributed by atoms with Crippen molar-refractivity contribution >= 4 is 34.2 Å². The van der Waals surface area contributed by atoms with E-state index in [0.29, 0.717) is 12.2 Å². The molecule has 0 bridgehead atoms. The molecular weight excluding hydrogens is 542 g/mol. The van der Waals surface area contributed by atoms with Crippen LogP contribution in [0.1, 0.15) is 48.2 Å². The van der Waals surface area contributed by atoms with Gasteiger partial charge in [-0.25, -0.2) is 9.59 Å². The average molecular weight is 584 g/mol. The summed E-state index contributed by atoms with van der Waals surface area (Å²) in [5, 5.41) is 23.5. The number of aromatic nitrogens is 1. The maximum atomic E-state index is 9.55. The predicted octanol–water partition coefficient (Wildman–Crippen LogP) is 5.34. The van der Waals surface area contributed by atoms with Gasteiger partial charge in [-0.3, -0.25) is 0 Å². The number of nitrogens with zero attached hydrogens (tertiary/aromatic N) is 3. The van der Waals surface area contributed by atoms with Crippen LogP contribution in [-0.2, 0) is 29.0 Å². The zero-order valence-corrected chi connectivity index (χ0v) is 24.8. The van der Waals surface area contributed by atoms with Gasteiger partial charge in [0.25, 0.3) is 0 Å². The number of carboxylic acids is 2. The first-order valence-corrected chi connectivity index (χ1v) is 15.2. The van der Waals surface area contributed by atoms with Crippen LogP contribution < -0.4 is 4.74 Å². The Morgan fingerprint density at radius 3 is 2.41 bits per heavy atom. The van der Waals surface area contributed by atoms with E-state index in [9.17, 15) is 9.59 Å². The zero-order chi connectivity index (χ0) is 29.2. The first-order valence-electron chi connectivity index (χ1n) is 14.3. The third kappa shape index (κ3) is 9.98. The van der Waals surface area contributed by atoms with E-state index in [1.54, 1.807) is 0 Å². The molecule has 2 aliphatic rings. The molecule has 0 unspecified atom stereocenters. The Labute approximate surface area is 245 Å². The molecule has 0 atom stereocenters. The van der Waals surface area contributed by atoms with E-state index < -0.39 is 11.9 Å². The smallest absolute Gasteiger partial charge is 0.328 e. The van der Waals surface area contributed by atoms with Gasteiger partial charge in [0.05, 0.1) is 17.9 Å². The maximum absolute atomic E-state index is 9.55. The number of carboxylic acid groups (broad SMARTS) is 2. The molecule has 9 nitrogen and oxygen atoms in total. The summed E-state index contributed by atoms with van der Waals surface area (Å²) >= 11 is 1.88. The summed E-state index contributed by atoms with van der Waals surface area (Å²) in [4.78, 5) is 25.4. The molecule has 0 spiro atoms. The van der Waals surface area contributed by atoms with E-state index in [0.717, 1.165) is 54.0 Å². The molecule has 2 fully saturated rings. The molecule has 3 heterocycles. The molecule has 1 aliphatic carbocycles. The van der Waals surface area contributed by atoms with Gasteiger partial charge in [0, 0.05) is 35.5 Å². The van der Waals surface area contributed by atoms with Crippen LogP contribution >= 0.6 is 11.3 Å². The topological polar surface area (TPSA) is 116 Å². The number of likely N-dealkylation sites (tertiary alicyclic amines) is 1. The molecule has 1 aliphatic heterocycles. The Kier molecular flexibility index (Phi) is 11.4. The van der Waals surface area contributed by atoms with Crippen molar-refractivity contribution in [1.82, 2.24) is 15.0 Å². The van der Waals surface area contributed by atoms with Crippen molar-refractivity contribution in [2.75, 3.05) is 40.3 Å². The molecule has 1 aromatic carbocycles. The van der Waals surface area contributed by atoms with Crippen LogP contribution in [0.2, 0.25) is 0 Å². The fourth-order valence-corrected chi connectivity index (χ4v) is 5.77. The Bertz CT molecular complexity index is 1270. The van der Waals surface area contributed by atoms with E-state index >= 15 is 0 Å². The van der Waals surface area contributed by atoms with E-state index in [1.807, 2.05) is 11.3 Å². The van der Waals surface area contributed by atoms with Crippen LogP contribution in [0.25, 0.3) is 11.0 Å². The van der Waals surface area contributed by atoms with Gasteiger partial charge in [0.15, 0.2) is 5.58 Å². The molecule has 222 valence electrons. The Morgan fingerprint density at radius 1 is 1.07 bits per heavy atom. The molecule has 0 radical (unpaired) electrons. The van der Waals surface area contributed by atoms with Crippen LogP contribution in [0, 0.1) is 11.8 Å². The zero-order valence-electron chi connectivity index (χ0n) is 24.0. The summed E-state index contributed by atoms with van der Waals surface area (Å²) in [6.45, 7) is 5.27. The van der Waals surface area contributed by atoms with Gasteiger partial charge >= 0.3 is 11.9 Å². The first kappa shape index (κ1) is 30.7. The quantitative estimate of drug-likeness (QED) is 0.257. The number of fused-ring (bicyclic) bond motifs is 1. The van der Waals surface area contributed by atoms with Crippen LogP contribution in [-0.4, -0.2) is 77.4 Å². The highest BCUT2D eigenvalue weighted by atomic mass is 32.1. The van der Waals surface area contributed by atoms with Crippen LogP contribution in [0.4, 0.5) is 0 Å². The highest BCUT2D eigenvalue weighted by Crippen LogP contribution is 2.35. The number of aryl methyl sites for hydroxylation is 1. The highest BCUT2D eigenvalue weighted by Gasteiger charge is 2.24. The molecule has 2 N–H and O–H groups in total. The SMILES string of the molecule is CN(C)Cc1c(OCC2CC2)ccc2c(CCC3CCN(CCc4cccs4)CC3)noc12.O=C(O)/C=C/C(=O)O. The monoisotopic (exact) mass is 583 g/mol. The normalized spacial score (nSPS) is 16.3. The van der Waals surface area contributed by atoms with Gasteiger partial charge in [0.2, 0.25) is 0 Å². The lowest BCUT2D eigenvalue weighted by Crippen LogP contribution is -2.35. The second kappa shape index (κ2) is 15.1. The van der Waals surface area contributed by atoms with Gasteiger partial charge in [-0.1, -0.05) is 11.2 Å². The largest absolute Gasteiger partial charge is 0.493 e. The third-order valence-electron chi connectivity index (χ3n) is 7.54. The summed E-state index contributed by atoms with van der Waals surface area (Å²) in [6.07, 6.45) is 9.69. The maximum Gasteiger partial charge on any atom is 0.328 e. The fourth-order valence-electron chi connectivity index (χ4n) is 5.07. The lowest BCUT2D eigenvalue weighted by Gasteiger charge is -2.31. The molecule has 3 aromatic rings. The number of thiophene rings is 1. The third-order valence-corrected chi connectivity index (χ3v) is 8.48. The minimum absolute atomic E-state index is 0.558. The minimum Gasteiger partial charge on any atom is -0.493 e. The van der Waals surface area contributed by atoms with Crippen LogP contribution in [0.15, 0.2) is 46.3 Å². The van der Waals surface area contributed by atoms with Crippen molar-refractivity contribution < 1.29 is 29.1 Å². The number of rotatable bonds is 13. The predicted molar refractivity (Wildman–Crippen MR) is 160 cm³/mol. The molecular formula is C31H41N3O6S. The number of carbonyl (C=O) groups is 2. The van der Waals surface area contributed by atoms with Crippen LogP contribution in [0.5, 0.6) is 5.75 Å². The van der Waals surface area contributed by atoms with E-state index in [2.05, 4.69) is 58.7 Å². The summed E-state index contributed by atoms with van der Waals surface area (Å²) in [5.41, 5.74) is 3.16. The second-order valence-electron chi connectivity index (χ2n) is 11.2. The number of aliphatic carboxylic acids is 2. The van der Waals surface area contributed by atoms with Crippen LogP contribution in [0.3, 0.4) is 0 Å². The number of piperidine rings is 1. The molecule has 0 amide bonds. The Hall–Kier alpha value is -3.21. The molecule has 41 heavy (non-hydrogen) atoms. The molecule has 5 rings (SSSR count). The number of benzene rings is 1. The first-order chi connectivity index (χ1) is 19.8. The fraction of sp³-hybridized carbons (Fsp3) is 0.516. The van der Waals surface area contributed by atoms with E-state index in [-0.39, 0.29) is 0 Å². The summed E-state index contributed by atoms with van der Waals surface area (Å²) in [6, 6.07) is 8.71. The summed E-state index contributed by atoms with van der Waals surface area (Å²) < 4.78 is 12.1. The molecule has 1 saturated heterocycles. The highest BCUT2D eigenvalue weighted by molar-refractivity contribution is 7.09. The van der Waals surface area contributed by atoms with Crippen molar-refractivity contribution in [1.29, 1.82) is 0 Å². The lowest BCUT2D eigenvalue weighted by atomic mass is 9.91. The molecule has 1 saturated carbocycles. The number of hydrogen-bond donors (Lipinski definition) is 2. The molecule has 2 aromatic heterocycles. The van der Waals surface area contributed by atoms with Crippen molar-refractivity contribution in [3.63, 3.8) is 0 Å². The van der Waals surface area contributed by atoms with Gasteiger partial charge in [-0.05, 0) is 108 Å². The van der Waals surface area contributed by atoms with Crippen molar-refractivity contribution in [3.8, 4) is 5.75 Å². The van der Waals surface area contributed by atoms with Gasteiger partial charge in [-0.15, -0.1) is 11.3 Å². The van der Waals surface area contributed by atoms with E-state index in [1.165, 1.54) is 68.4 Å². The number of ether oxygens (including phenoxy) is 1. The second-order valence-corrected chi connectivity index (χ2v) is 12.2. The van der Waals surface area contributed by atoms with Crippen molar-refractivity contribution in [3.05, 3.63) is 57.9 Å². The standard InChI is InChI=1S/C27H37N3O2S.C4H4O4/c1-29(2)18-24-26(31-19-21-5-6-21)10-8-23-25(28-32-27(23)24)9-7-20-11-14-30(15-12-20)16-13-22-4-3-17-33-22;5-3(6)1-2-4(7)8/h3-4,8,10,17,20-21H,5-7,9,11-16,18-19H2,1-2H3;1-2H,(H,5,6)(H,7,8)/b;2-1+. The van der Waals surface area contributed by atoms with Crippen molar-refractivity contribution in [2.45, 2.75) is 51.5 Å². The van der Waals surface area contributed by atoms with Gasteiger partial charge in [-0.2, -0.15) is 0 Å². The Morgan fingerprint density at radius 2 is 1.80 bits per heavy atom. The van der Waals surface area contributed by atoms with Crippen molar-refractivity contribution in [2.24, 2.45) is 11.8 Å². The Balaban J connectivity index is 0.000000426. The van der Waals surface area contributed by atoms with E-state index in [4.69, 9.17) is 19.5 Å². The average Bonchev–Trinajstić information content (AvgIpc) is 3.45. The minimum atomic E-state index is -1.26. The lowest BCUT2D eigenvalue weighted by molar-refractivity contribution is -0.134.